The van der Waals surface area contributed by atoms with Crippen LogP contribution >= 0.6 is 11.8 Å². The Bertz CT molecular complexity index is 611. The smallest absolute Gasteiger partial charge is 0.196 e. The van der Waals surface area contributed by atoms with Crippen LogP contribution in [0.2, 0.25) is 0 Å². The lowest BCUT2D eigenvalue weighted by Gasteiger charge is -2.10. The molecule has 0 saturated heterocycles. The average Bonchev–Trinajstić information content (AvgIpc) is 2.69. The van der Waals surface area contributed by atoms with Gasteiger partial charge in [-0.05, 0) is 36.2 Å². The molecule has 1 aliphatic rings. The maximum absolute atomic E-state index is 14.0. The third-order valence-electron chi connectivity index (χ3n) is 3.54. The van der Waals surface area contributed by atoms with E-state index in [9.17, 15) is 4.39 Å². The van der Waals surface area contributed by atoms with Crippen molar-refractivity contribution in [1.82, 2.24) is 14.8 Å². The first-order chi connectivity index (χ1) is 9.79. The maximum Gasteiger partial charge on any atom is 0.196 e. The van der Waals surface area contributed by atoms with E-state index in [1.165, 1.54) is 24.2 Å². The lowest BCUT2D eigenvalue weighted by Crippen LogP contribution is -2.04. The molecule has 20 heavy (non-hydrogen) atoms. The van der Waals surface area contributed by atoms with E-state index in [-0.39, 0.29) is 5.82 Å². The number of halogens is 1. The first-order valence-electron chi connectivity index (χ1n) is 6.87. The van der Waals surface area contributed by atoms with E-state index >= 15 is 0 Å². The number of hydrogen-bond acceptors (Lipinski definition) is 4. The first-order valence-corrected chi connectivity index (χ1v) is 7.68. The molecule has 3 rings (SSSR count). The molecule has 0 fully saturated rings. The van der Waals surface area contributed by atoms with E-state index in [1.807, 2.05) is 6.07 Å². The summed E-state index contributed by atoms with van der Waals surface area (Å²) in [4.78, 5) is 0.564. The molecule has 1 aliphatic heterocycles. The summed E-state index contributed by atoms with van der Waals surface area (Å²) in [5, 5.41) is 9.22. The van der Waals surface area contributed by atoms with Crippen LogP contribution in [0.5, 0.6) is 0 Å². The van der Waals surface area contributed by atoms with Gasteiger partial charge in [0.25, 0.3) is 0 Å². The summed E-state index contributed by atoms with van der Waals surface area (Å²) in [6, 6.07) is 5.00. The van der Waals surface area contributed by atoms with E-state index in [2.05, 4.69) is 14.8 Å². The van der Waals surface area contributed by atoms with Gasteiger partial charge >= 0.3 is 0 Å². The Morgan fingerprint density at radius 2 is 2.15 bits per heavy atom. The molecule has 0 unspecified atom stereocenters. The van der Waals surface area contributed by atoms with Crippen LogP contribution in [0.3, 0.4) is 0 Å². The zero-order chi connectivity index (χ0) is 13.9. The Labute approximate surface area is 121 Å². The van der Waals surface area contributed by atoms with Crippen molar-refractivity contribution < 1.29 is 4.39 Å². The molecule has 2 heterocycles. The Morgan fingerprint density at radius 1 is 1.25 bits per heavy atom. The number of rotatable bonds is 3. The minimum absolute atomic E-state index is 0.246. The van der Waals surface area contributed by atoms with Gasteiger partial charge in [-0.15, -0.1) is 10.2 Å². The molecule has 0 atom stereocenters. The van der Waals surface area contributed by atoms with Crippen molar-refractivity contribution in [1.29, 1.82) is 0 Å². The SMILES string of the molecule is NCc1cccc(F)c1Sc1nnc2n1CCCCC2. The number of aromatic nitrogens is 3. The fraction of sp³-hybridized carbons (Fsp3) is 0.429. The number of hydrogen-bond donors (Lipinski definition) is 1. The fourth-order valence-corrected chi connectivity index (χ4v) is 3.47. The topological polar surface area (TPSA) is 56.7 Å². The first kappa shape index (κ1) is 13.6. The molecule has 1 aromatic heterocycles. The molecule has 2 N–H and O–H groups in total. The lowest BCUT2D eigenvalue weighted by molar-refractivity contribution is 0.584. The lowest BCUT2D eigenvalue weighted by atomic mass is 10.2. The van der Waals surface area contributed by atoms with E-state index in [0.717, 1.165) is 42.4 Å². The van der Waals surface area contributed by atoms with Crippen LogP contribution in [0.15, 0.2) is 28.3 Å². The van der Waals surface area contributed by atoms with Crippen molar-refractivity contribution in [3.8, 4) is 0 Å². The Kier molecular flexibility index (Phi) is 4.03. The molecule has 0 aliphatic carbocycles. The van der Waals surface area contributed by atoms with Crippen molar-refractivity contribution in [2.45, 2.75) is 48.8 Å². The Hall–Kier alpha value is -1.40. The van der Waals surface area contributed by atoms with Gasteiger partial charge < -0.3 is 10.3 Å². The van der Waals surface area contributed by atoms with Crippen molar-refractivity contribution in [2.75, 3.05) is 0 Å². The molecule has 0 radical (unpaired) electrons. The second-order valence-electron chi connectivity index (χ2n) is 4.90. The van der Waals surface area contributed by atoms with Crippen molar-refractivity contribution in [2.24, 2.45) is 5.73 Å². The minimum Gasteiger partial charge on any atom is -0.326 e. The van der Waals surface area contributed by atoms with Crippen LogP contribution in [0.4, 0.5) is 4.39 Å². The Balaban J connectivity index is 1.94. The van der Waals surface area contributed by atoms with Crippen LogP contribution in [0.25, 0.3) is 0 Å². The number of nitrogens with zero attached hydrogens (tertiary/aromatic N) is 3. The number of nitrogens with two attached hydrogens (primary N) is 1. The van der Waals surface area contributed by atoms with Gasteiger partial charge in [0.2, 0.25) is 0 Å². The van der Waals surface area contributed by atoms with Gasteiger partial charge in [-0.3, -0.25) is 0 Å². The molecule has 4 nitrogen and oxygen atoms in total. The monoisotopic (exact) mass is 292 g/mol. The van der Waals surface area contributed by atoms with Gasteiger partial charge in [0.15, 0.2) is 5.16 Å². The van der Waals surface area contributed by atoms with Gasteiger partial charge in [0.05, 0.1) is 4.90 Å². The summed E-state index contributed by atoms with van der Waals surface area (Å²) in [6.45, 7) is 1.23. The highest BCUT2D eigenvalue weighted by molar-refractivity contribution is 7.99. The zero-order valence-electron chi connectivity index (χ0n) is 11.2. The van der Waals surface area contributed by atoms with E-state index < -0.39 is 0 Å². The van der Waals surface area contributed by atoms with Gasteiger partial charge in [0, 0.05) is 19.5 Å². The van der Waals surface area contributed by atoms with E-state index in [0.29, 0.717) is 11.4 Å². The molecule has 2 aromatic rings. The molecule has 0 bridgehead atoms. The molecule has 0 saturated carbocycles. The van der Waals surface area contributed by atoms with Crippen molar-refractivity contribution in [3.05, 3.63) is 35.4 Å². The summed E-state index contributed by atoms with van der Waals surface area (Å²) in [5.74, 6) is 0.763. The quantitative estimate of drug-likeness (QED) is 0.945. The molecule has 6 heteroatoms. The van der Waals surface area contributed by atoms with Crippen LogP contribution < -0.4 is 5.73 Å². The van der Waals surface area contributed by atoms with Gasteiger partial charge in [-0.1, -0.05) is 18.6 Å². The van der Waals surface area contributed by atoms with Crippen molar-refractivity contribution >= 4 is 11.8 Å². The van der Waals surface area contributed by atoms with Crippen molar-refractivity contribution in [3.63, 3.8) is 0 Å². The molecular formula is C14H17FN4S. The van der Waals surface area contributed by atoms with Crippen LogP contribution in [0.1, 0.15) is 30.7 Å². The third-order valence-corrected chi connectivity index (χ3v) is 4.68. The summed E-state index contributed by atoms with van der Waals surface area (Å²) >= 11 is 1.33. The second-order valence-corrected chi connectivity index (χ2v) is 5.87. The average molecular weight is 292 g/mol. The van der Waals surface area contributed by atoms with Crippen LogP contribution in [0, 0.1) is 5.82 Å². The minimum atomic E-state index is -0.246. The number of fused-ring (bicyclic) bond motifs is 1. The number of aryl methyl sites for hydroxylation is 1. The van der Waals surface area contributed by atoms with Crippen LogP contribution in [-0.2, 0) is 19.5 Å². The summed E-state index contributed by atoms with van der Waals surface area (Å²) in [5.41, 5.74) is 6.49. The third kappa shape index (κ3) is 2.58. The summed E-state index contributed by atoms with van der Waals surface area (Å²) in [6.07, 6.45) is 4.44. The second kappa shape index (κ2) is 5.93. The summed E-state index contributed by atoms with van der Waals surface area (Å²) < 4.78 is 16.1. The highest BCUT2D eigenvalue weighted by atomic mass is 32.2. The molecular weight excluding hydrogens is 275 g/mol. The van der Waals surface area contributed by atoms with Gasteiger partial charge in [-0.25, -0.2) is 4.39 Å². The molecule has 1 aromatic carbocycles. The van der Waals surface area contributed by atoms with E-state index in [1.54, 1.807) is 6.07 Å². The zero-order valence-corrected chi connectivity index (χ0v) is 12.0. The fourth-order valence-electron chi connectivity index (χ4n) is 2.45. The predicted molar refractivity (Wildman–Crippen MR) is 76.0 cm³/mol. The highest BCUT2D eigenvalue weighted by Crippen LogP contribution is 2.32. The number of benzene rings is 1. The largest absolute Gasteiger partial charge is 0.326 e. The van der Waals surface area contributed by atoms with Gasteiger partial charge in [-0.2, -0.15) is 0 Å². The van der Waals surface area contributed by atoms with Crippen LogP contribution in [-0.4, -0.2) is 14.8 Å². The standard InChI is InChI=1S/C14H17FN4S/c15-11-6-4-5-10(9-16)13(11)20-14-18-17-12-7-2-1-3-8-19(12)14/h4-6H,1-3,7-9,16H2. The summed E-state index contributed by atoms with van der Waals surface area (Å²) in [7, 11) is 0. The van der Waals surface area contributed by atoms with Gasteiger partial charge in [0.1, 0.15) is 11.6 Å². The normalized spacial score (nSPS) is 14.9. The maximum atomic E-state index is 14.0. The molecule has 106 valence electrons. The predicted octanol–water partition coefficient (Wildman–Crippen LogP) is 2.75. The Morgan fingerprint density at radius 3 is 3.00 bits per heavy atom. The highest BCUT2D eigenvalue weighted by Gasteiger charge is 2.18. The van der Waals surface area contributed by atoms with E-state index in [4.69, 9.17) is 5.73 Å². The molecule has 0 spiro atoms. The molecule has 0 amide bonds.